The maximum atomic E-state index is 12.2. The van der Waals surface area contributed by atoms with Gasteiger partial charge in [0.2, 0.25) is 0 Å². The van der Waals surface area contributed by atoms with Crippen LogP contribution >= 0.6 is 23.2 Å². The van der Waals surface area contributed by atoms with E-state index >= 15 is 0 Å². The monoisotopic (exact) mass is 409 g/mol. The summed E-state index contributed by atoms with van der Waals surface area (Å²) in [5, 5.41) is 3.74. The van der Waals surface area contributed by atoms with E-state index in [1.54, 1.807) is 37.3 Å². The molecule has 0 bridgehead atoms. The molecular weight excluding hydrogens is 389 g/mol. The number of para-hydroxylation sites is 1. The van der Waals surface area contributed by atoms with Crippen LogP contribution in [0.25, 0.3) is 0 Å². The highest BCUT2D eigenvalue weighted by atomic mass is 35.5. The summed E-state index contributed by atoms with van der Waals surface area (Å²) in [7, 11) is 0. The number of nitrogens with one attached hydrogen (secondary N) is 1. The molecule has 5 nitrogen and oxygen atoms in total. The molecule has 0 heterocycles. The minimum absolute atomic E-state index is 0.0467. The van der Waals surface area contributed by atoms with Gasteiger partial charge in [-0.15, -0.1) is 0 Å². The highest BCUT2D eigenvalue weighted by molar-refractivity contribution is 6.35. The molecule has 144 valence electrons. The van der Waals surface area contributed by atoms with E-state index < -0.39 is 18.0 Å². The fourth-order valence-electron chi connectivity index (χ4n) is 2.34. The number of halogens is 2. The van der Waals surface area contributed by atoms with Crippen LogP contribution in [0.3, 0.4) is 0 Å². The smallest absolute Gasteiger partial charge is 0.310 e. The molecule has 1 amide bonds. The molecule has 0 unspecified atom stereocenters. The molecule has 0 aliphatic carbocycles. The molecule has 7 heteroatoms. The number of amides is 1. The molecule has 0 aliphatic heterocycles. The molecule has 0 fully saturated rings. The largest absolute Gasteiger partial charge is 0.493 e. The van der Waals surface area contributed by atoms with Crippen molar-refractivity contribution < 1.29 is 19.1 Å². The molecule has 0 aromatic heterocycles. The van der Waals surface area contributed by atoms with Crippen LogP contribution < -0.4 is 10.1 Å². The maximum absolute atomic E-state index is 12.2. The zero-order valence-corrected chi connectivity index (χ0v) is 16.6. The normalized spacial score (nSPS) is 12.7. The van der Waals surface area contributed by atoms with Gasteiger partial charge in [-0.1, -0.05) is 47.5 Å². The standard InChI is InChI=1S/C20H21Cl2NO4/c1-13(17-9-8-15(21)12-18(17)22)23-20(25)14(2)27-19(24)10-11-26-16-6-4-3-5-7-16/h3-9,12-14H,10-11H2,1-2H3,(H,23,25)/t13-,14-/m0/s1. The first-order valence-electron chi connectivity index (χ1n) is 8.49. The topological polar surface area (TPSA) is 64.6 Å². The third-order valence-corrected chi connectivity index (χ3v) is 4.35. The SMILES string of the molecule is C[C@H](OC(=O)CCOc1ccccc1)C(=O)N[C@@H](C)c1ccc(Cl)cc1Cl. The number of hydrogen-bond acceptors (Lipinski definition) is 4. The van der Waals surface area contributed by atoms with Gasteiger partial charge in [0.05, 0.1) is 19.1 Å². The Morgan fingerprint density at radius 1 is 1.07 bits per heavy atom. The molecule has 2 rings (SSSR count). The minimum Gasteiger partial charge on any atom is -0.493 e. The first-order chi connectivity index (χ1) is 12.9. The summed E-state index contributed by atoms with van der Waals surface area (Å²) in [6.07, 6.45) is -0.881. The van der Waals surface area contributed by atoms with Gasteiger partial charge in [-0.25, -0.2) is 0 Å². The van der Waals surface area contributed by atoms with E-state index in [1.807, 2.05) is 18.2 Å². The Labute approximate surface area is 168 Å². The Morgan fingerprint density at radius 3 is 2.44 bits per heavy atom. The molecule has 2 aromatic carbocycles. The summed E-state index contributed by atoms with van der Waals surface area (Å²) < 4.78 is 10.6. The van der Waals surface area contributed by atoms with Crippen molar-refractivity contribution in [3.63, 3.8) is 0 Å². The molecule has 0 radical (unpaired) electrons. The van der Waals surface area contributed by atoms with Crippen molar-refractivity contribution in [3.05, 3.63) is 64.1 Å². The lowest BCUT2D eigenvalue weighted by molar-refractivity contribution is -0.155. The van der Waals surface area contributed by atoms with Crippen molar-refractivity contribution in [2.75, 3.05) is 6.61 Å². The quantitative estimate of drug-likeness (QED) is 0.648. The summed E-state index contributed by atoms with van der Waals surface area (Å²) in [6, 6.07) is 13.8. The van der Waals surface area contributed by atoms with Crippen LogP contribution in [-0.2, 0) is 14.3 Å². The van der Waals surface area contributed by atoms with Gasteiger partial charge in [-0.3, -0.25) is 9.59 Å². The summed E-state index contributed by atoms with van der Waals surface area (Å²) in [5.41, 5.74) is 0.726. The third-order valence-electron chi connectivity index (χ3n) is 3.78. The van der Waals surface area contributed by atoms with Crippen molar-refractivity contribution in [2.45, 2.75) is 32.4 Å². The summed E-state index contributed by atoms with van der Waals surface area (Å²) in [4.78, 5) is 24.1. The van der Waals surface area contributed by atoms with Crippen LogP contribution in [0.2, 0.25) is 10.0 Å². The molecule has 27 heavy (non-hydrogen) atoms. The van der Waals surface area contributed by atoms with E-state index in [4.69, 9.17) is 32.7 Å². The fourth-order valence-corrected chi connectivity index (χ4v) is 2.91. The van der Waals surface area contributed by atoms with Crippen LogP contribution in [0.1, 0.15) is 31.9 Å². The van der Waals surface area contributed by atoms with Crippen molar-refractivity contribution in [1.29, 1.82) is 0 Å². The Kier molecular flexibility index (Phi) is 7.95. The van der Waals surface area contributed by atoms with E-state index in [0.29, 0.717) is 15.8 Å². The van der Waals surface area contributed by atoms with Crippen LogP contribution in [-0.4, -0.2) is 24.6 Å². The van der Waals surface area contributed by atoms with Crippen molar-refractivity contribution in [2.24, 2.45) is 0 Å². The van der Waals surface area contributed by atoms with E-state index in [0.717, 1.165) is 5.56 Å². The molecule has 0 spiro atoms. The number of hydrogen-bond donors (Lipinski definition) is 1. The molecule has 1 N–H and O–H groups in total. The highest BCUT2D eigenvalue weighted by Gasteiger charge is 2.21. The van der Waals surface area contributed by atoms with Gasteiger partial charge in [0, 0.05) is 10.0 Å². The lowest BCUT2D eigenvalue weighted by Crippen LogP contribution is -2.37. The van der Waals surface area contributed by atoms with E-state index in [1.165, 1.54) is 6.92 Å². The van der Waals surface area contributed by atoms with Gasteiger partial charge in [0.25, 0.3) is 5.91 Å². The highest BCUT2D eigenvalue weighted by Crippen LogP contribution is 2.26. The van der Waals surface area contributed by atoms with Gasteiger partial charge < -0.3 is 14.8 Å². The lowest BCUT2D eigenvalue weighted by Gasteiger charge is -2.19. The van der Waals surface area contributed by atoms with Crippen LogP contribution in [0.5, 0.6) is 5.75 Å². The van der Waals surface area contributed by atoms with Crippen LogP contribution in [0.4, 0.5) is 0 Å². The Balaban J connectivity index is 1.77. The lowest BCUT2D eigenvalue weighted by atomic mass is 10.1. The van der Waals surface area contributed by atoms with Crippen molar-refractivity contribution >= 4 is 35.1 Å². The number of rotatable bonds is 8. The minimum atomic E-state index is -0.928. The van der Waals surface area contributed by atoms with Gasteiger partial charge in [0.15, 0.2) is 6.10 Å². The van der Waals surface area contributed by atoms with Gasteiger partial charge in [-0.2, -0.15) is 0 Å². The zero-order chi connectivity index (χ0) is 19.8. The Morgan fingerprint density at radius 2 is 1.78 bits per heavy atom. The van der Waals surface area contributed by atoms with E-state index in [2.05, 4.69) is 5.32 Å². The van der Waals surface area contributed by atoms with E-state index in [9.17, 15) is 9.59 Å². The number of carbonyl (C=O) groups is 2. The molecule has 2 atom stereocenters. The third kappa shape index (κ3) is 6.77. The number of esters is 1. The molecule has 0 saturated heterocycles. The first kappa shape index (κ1) is 21.1. The van der Waals surface area contributed by atoms with Crippen LogP contribution in [0, 0.1) is 0 Å². The second-order valence-electron chi connectivity index (χ2n) is 5.94. The fraction of sp³-hybridized carbons (Fsp3) is 0.300. The second kappa shape index (κ2) is 10.2. The predicted octanol–water partition coefficient (Wildman–Crippen LogP) is 4.57. The van der Waals surface area contributed by atoms with Crippen LogP contribution in [0.15, 0.2) is 48.5 Å². The predicted molar refractivity (Wildman–Crippen MR) is 105 cm³/mol. The molecule has 2 aromatic rings. The van der Waals surface area contributed by atoms with E-state index in [-0.39, 0.29) is 19.1 Å². The average molecular weight is 410 g/mol. The first-order valence-corrected chi connectivity index (χ1v) is 9.25. The molecule has 0 saturated carbocycles. The molecule has 0 aliphatic rings. The van der Waals surface area contributed by atoms with Crippen molar-refractivity contribution in [3.8, 4) is 5.75 Å². The van der Waals surface area contributed by atoms with Crippen molar-refractivity contribution in [1.82, 2.24) is 5.32 Å². The number of ether oxygens (including phenoxy) is 2. The summed E-state index contributed by atoms with van der Waals surface area (Å²) in [6.45, 7) is 3.48. The Bertz CT molecular complexity index is 783. The number of benzene rings is 2. The molecular formula is C20H21Cl2NO4. The maximum Gasteiger partial charge on any atom is 0.310 e. The Hall–Kier alpha value is -2.24. The van der Waals surface area contributed by atoms with Gasteiger partial charge >= 0.3 is 5.97 Å². The zero-order valence-electron chi connectivity index (χ0n) is 15.1. The second-order valence-corrected chi connectivity index (χ2v) is 6.78. The van der Waals surface area contributed by atoms with Gasteiger partial charge in [0.1, 0.15) is 5.75 Å². The number of carbonyl (C=O) groups excluding carboxylic acids is 2. The summed E-state index contributed by atoms with van der Waals surface area (Å²) in [5.74, 6) is -0.249. The average Bonchev–Trinajstić information content (AvgIpc) is 2.62. The van der Waals surface area contributed by atoms with Gasteiger partial charge in [-0.05, 0) is 43.7 Å². The summed E-state index contributed by atoms with van der Waals surface area (Å²) >= 11 is 12.0.